The van der Waals surface area contributed by atoms with Gasteiger partial charge in [0.05, 0.1) is 24.6 Å². The number of para-hydroxylation sites is 1. The average Bonchev–Trinajstić information content (AvgIpc) is 3.37. The Labute approximate surface area is 163 Å². The number of carbonyl (C=O) groups is 2. The SMILES string of the molecule is COC(=O)c1c(-c2ccc3snnc3c2)nn(-c2ccccc2)c1C(=O)OC. The molecule has 0 amide bonds. The normalized spacial score (nSPS) is 10.8. The van der Waals surface area contributed by atoms with Crippen LogP contribution in [0.4, 0.5) is 0 Å². The van der Waals surface area contributed by atoms with Gasteiger partial charge in [-0.1, -0.05) is 28.8 Å². The van der Waals surface area contributed by atoms with E-state index >= 15 is 0 Å². The van der Waals surface area contributed by atoms with Gasteiger partial charge in [0, 0.05) is 5.56 Å². The number of hydrogen-bond acceptors (Lipinski definition) is 8. The Balaban J connectivity index is 2.03. The van der Waals surface area contributed by atoms with E-state index in [-0.39, 0.29) is 11.3 Å². The Morgan fingerprint density at radius 3 is 2.46 bits per heavy atom. The summed E-state index contributed by atoms with van der Waals surface area (Å²) in [4.78, 5) is 25.2. The van der Waals surface area contributed by atoms with Crippen LogP contribution in [-0.2, 0) is 9.47 Å². The fraction of sp³-hybridized carbons (Fsp3) is 0.105. The number of ether oxygens (including phenoxy) is 2. The first kappa shape index (κ1) is 17.8. The van der Waals surface area contributed by atoms with Gasteiger partial charge in [-0.15, -0.1) is 5.10 Å². The smallest absolute Gasteiger partial charge is 0.357 e. The second-order valence-electron chi connectivity index (χ2n) is 5.76. The zero-order chi connectivity index (χ0) is 19.7. The standard InChI is InChI=1S/C19H14N4O4S/c1-26-18(24)15-16(11-8-9-14-13(10-11)20-22-28-14)21-23(17(15)19(25)27-2)12-6-4-3-5-7-12/h3-10H,1-2H3. The maximum absolute atomic E-state index is 12.6. The van der Waals surface area contributed by atoms with E-state index in [0.29, 0.717) is 22.5 Å². The molecular formula is C19H14N4O4S. The summed E-state index contributed by atoms with van der Waals surface area (Å²) in [6.07, 6.45) is 0. The molecule has 0 aliphatic rings. The van der Waals surface area contributed by atoms with Crippen LogP contribution in [0.5, 0.6) is 0 Å². The summed E-state index contributed by atoms with van der Waals surface area (Å²) in [5.74, 6) is -1.38. The van der Waals surface area contributed by atoms with E-state index < -0.39 is 11.9 Å². The molecule has 0 aliphatic carbocycles. The first-order valence-corrected chi connectivity index (χ1v) is 8.99. The molecular weight excluding hydrogens is 380 g/mol. The average molecular weight is 394 g/mol. The summed E-state index contributed by atoms with van der Waals surface area (Å²) < 4.78 is 16.1. The Morgan fingerprint density at radius 1 is 1.00 bits per heavy atom. The van der Waals surface area contributed by atoms with E-state index in [9.17, 15) is 9.59 Å². The minimum Gasteiger partial charge on any atom is -0.465 e. The lowest BCUT2D eigenvalue weighted by atomic mass is 10.1. The molecule has 2 aromatic heterocycles. The number of benzene rings is 2. The van der Waals surface area contributed by atoms with Gasteiger partial charge in [0.25, 0.3) is 0 Å². The number of methoxy groups -OCH3 is 2. The minimum atomic E-state index is -0.695. The third kappa shape index (κ3) is 2.91. The van der Waals surface area contributed by atoms with Crippen LogP contribution in [0.2, 0.25) is 0 Å². The lowest BCUT2D eigenvalue weighted by Crippen LogP contribution is -2.15. The largest absolute Gasteiger partial charge is 0.465 e. The highest BCUT2D eigenvalue weighted by atomic mass is 32.1. The van der Waals surface area contributed by atoms with E-state index in [0.717, 1.165) is 4.70 Å². The molecule has 28 heavy (non-hydrogen) atoms. The fourth-order valence-electron chi connectivity index (χ4n) is 2.89. The van der Waals surface area contributed by atoms with Crippen LogP contribution in [0.3, 0.4) is 0 Å². The van der Waals surface area contributed by atoms with Crippen molar-refractivity contribution in [1.29, 1.82) is 0 Å². The molecule has 0 aliphatic heterocycles. The van der Waals surface area contributed by atoms with Crippen molar-refractivity contribution in [2.24, 2.45) is 0 Å². The monoisotopic (exact) mass is 394 g/mol. The molecule has 4 rings (SSSR count). The number of esters is 2. The lowest BCUT2D eigenvalue weighted by Gasteiger charge is -2.07. The van der Waals surface area contributed by atoms with Gasteiger partial charge in [-0.2, -0.15) is 5.10 Å². The molecule has 0 radical (unpaired) electrons. The highest BCUT2D eigenvalue weighted by molar-refractivity contribution is 7.12. The number of rotatable bonds is 4. The number of fused-ring (bicyclic) bond motifs is 1. The molecule has 0 unspecified atom stereocenters. The van der Waals surface area contributed by atoms with Crippen molar-refractivity contribution >= 4 is 33.7 Å². The zero-order valence-corrected chi connectivity index (χ0v) is 15.8. The maximum Gasteiger partial charge on any atom is 0.357 e. The summed E-state index contributed by atoms with van der Waals surface area (Å²) in [6.45, 7) is 0. The number of carbonyl (C=O) groups excluding carboxylic acids is 2. The van der Waals surface area contributed by atoms with Crippen molar-refractivity contribution in [3.8, 4) is 16.9 Å². The van der Waals surface area contributed by atoms with Crippen molar-refractivity contribution in [1.82, 2.24) is 19.4 Å². The number of hydrogen-bond donors (Lipinski definition) is 0. The first-order chi connectivity index (χ1) is 13.6. The summed E-state index contributed by atoms with van der Waals surface area (Å²) in [5.41, 5.74) is 2.21. The topological polar surface area (TPSA) is 96.2 Å². The van der Waals surface area contributed by atoms with E-state index in [4.69, 9.17) is 9.47 Å². The molecule has 9 heteroatoms. The number of aromatic nitrogens is 4. The summed E-state index contributed by atoms with van der Waals surface area (Å²) in [6, 6.07) is 14.4. The van der Waals surface area contributed by atoms with Gasteiger partial charge in [0.1, 0.15) is 16.8 Å². The van der Waals surface area contributed by atoms with Crippen LogP contribution in [0.15, 0.2) is 48.5 Å². The van der Waals surface area contributed by atoms with Gasteiger partial charge in [0.15, 0.2) is 5.69 Å². The molecule has 0 spiro atoms. The predicted molar refractivity (Wildman–Crippen MR) is 103 cm³/mol. The molecule has 0 saturated carbocycles. The molecule has 2 aromatic carbocycles. The fourth-order valence-corrected chi connectivity index (χ4v) is 3.42. The molecule has 140 valence electrons. The van der Waals surface area contributed by atoms with Gasteiger partial charge in [-0.05, 0) is 35.8 Å². The van der Waals surface area contributed by atoms with E-state index in [1.54, 1.807) is 24.3 Å². The van der Waals surface area contributed by atoms with Crippen molar-refractivity contribution in [2.45, 2.75) is 0 Å². The van der Waals surface area contributed by atoms with Crippen molar-refractivity contribution in [2.75, 3.05) is 14.2 Å². The van der Waals surface area contributed by atoms with Gasteiger partial charge >= 0.3 is 11.9 Å². The van der Waals surface area contributed by atoms with Gasteiger partial charge in [-0.3, -0.25) is 0 Å². The highest BCUT2D eigenvalue weighted by Gasteiger charge is 2.31. The van der Waals surface area contributed by atoms with Crippen LogP contribution < -0.4 is 0 Å². The van der Waals surface area contributed by atoms with Crippen LogP contribution in [0, 0.1) is 0 Å². The molecule has 0 atom stereocenters. The molecule has 0 fully saturated rings. The highest BCUT2D eigenvalue weighted by Crippen LogP contribution is 2.31. The van der Waals surface area contributed by atoms with Crippen molar-refractivity contribution < 1.29 is 19.1 Å². The van der Waals surface area contributed by atoms with Gasteiger partial charge in [0.2, 0.25) is 0 Å². The Hall–Kier alpha value is -3.59. The zero-order valence-electron chi connectivity index (χ0n) is 14.9. The minimum absolute atomic E-state index is 0.00736. The van der Waals surface area contributed by atoms with Gasteiger partial charge < -0.3 is 9.47 Å². The quantitative estimate of drug-likeness (QED) is 0.491. The molecule has 0 bridgehead atoms. The number of nitrogens with zero attached hydrogens (tertiary/aromatic N) is 4. The van der Waals surface area contributed by atoms with Crippen LogP contribution in [0.1, 0.15) is 20.8 Å². The summed E-state index contributed by atoms with van der Waals surface area (Å²) >= 11 is 1.27. The maximum atomic E-state index is 12.6. The van der Waals surface area contributed by atoms with Crippen molar-refractivity contribution in [3.63, 3.8) is 0 Å². The third-order valence-corrected chi connectivity index (χ3v) is 4.88. The van der Waals surface area contributed by atoms with Crippen LogP contribution in [0.25, 0.3) is 27.2 Å². The molecule has 4 aromatic rings. The van der Waals surface area contributed by atoms with Crippen LogP contribution in [-0.4, -0.2) is 45.5 Å². The van der Waals surface area contributed by atoms with Crippen molar-refractivity contribution in [3.05, 3.63) is 59.8 Å². The summed E-state index contributed by atoms with van der Waals surface area (Å²) in [7, 11) is 2.50. The molecule has 0 saturated heterocycles. The lowest BCUT2D eigenvalue weighted by molar-refractivity contribution is 0.0549. The second kappa shape index (κ2) is 7.20. The molecule has 8 nitrogen and oxygen atoms in total. The Morgan fingerprint density at radius 2 is 1.75 bits per heavy atom. The van der Waals surface area contributed by atoms with E-state index in [1.807, 2.05) is 24.3 Å². The predicted octanol–water partition coefficient (Wildman–Crippen LogP) is 3.12. The first-order valence-electron chi connectivity index (χ1n) is 8.21. The van der Waals surface area contributed by atoms with E-state index in [2.05, 4.69) is 14.7 Å². The molecule has 0 N–H and O–H groups in total. The van der Waals surface area contributed by atoms with Gasteiger partial charge in [-0.25, -0.2) is 14.3 Å². The Kier molecular flexibility index (Phi) is 4.58. The molecule has 2 heterocycles. The Bertz CT molecular complexity index is 1180. The van der Waals surface area contributed by atoms with Crippen LogP contribution >= 0.6 is 11.5 Å². The second-order valence-corrected chi connectivity index (χ2v) is 6.54. The summed E-state index contributed by atoms with van der Waals surface area (Å²) in [5, 5.41) is 8.61. The third-order valence-electron chi connectivity index (χ3n) is 4.17. The van der Waals surface area contributed by atoms with E-state index in [1.165, 1.54) is 30.4 Å².